The molecule has 0 aliphatic rings. The summed E-state index contributed by atoms with van der Waals surface area (Å²) in [5.41, 5.74) is 2.19. The number of hydrogen-bond acceptors (Lipinski definition) is 2. The third-order valence-corrected chi connectivity index (χ3v) is 3.20. The molecule has 4 nitrogen and oxygen atoms in total. The molecule has 0 saturated heterocycles. The van der Waals surface area contributed by atoms with E-state index < -0.39 is 5.97 Å². The number of aromatic carboxylic acids is 1. The van der Waals surface area contributed by atoms with E-state index in [9.17, 15) is 4.79 Å². The third-order valence-electron chi connectivity index (χ3n) is 3.20. The van der Waals surface area contributed by atoms with Crippen LogP contribution in [0.4, 0.5) is 0 Å². The average molecular weight is 252 g/mol. The number of hydrogen-bond donors (Lipinski definition) is 1. The van der Waals surface area contributed by atoms with Crippen LogP contribution in [0.1, 0.15) is 10.5 Å². The van der Waals surface area contributed by atoms with Crippen molar-refractivity contribution in [2.45, 2.75) is 0 Å². The fourth-order valence-corrected chi connectivity index (χ4v) is 2.20. The minimum atomic E-state index is -0.918. The minimum absolute atomic E-state index is 0.282. The van der Waals surface area contributed by atoms with Gasteiger partial charge in [0, 0.05) is 36.6 Å². The lowest BCUT2D eigenvalue weighted by Crippen LogP contribution is -2.02. The number of rotatable bonds is 2. The number of carboxylic acids is 1. The molecule has 1 N–H and O–H groups in total. The molecule has 0 amide bonds. The van der Waals surface area contributed by atoms with E-state index in [2.05, 4.69) is 4.98 Å². The van der Waals surface area contributed by atoms with Crippen LogP contribution in [-0.4, -0.2) is 20.6 Å². The summed E-state index contributed by atoms with van der Waals surface area (Å²) in [5, 5.41) is 11.2. The number of carboxylic acid groups (broad SMARTS) is 1. The van der Waals surface area contributed by atoms with Crippen molar-refractivity contribution in [3.05, 3.63) is 54.6 Å². The van der Waals surface area contributed by atoms with Crippen LogP contribution in [0.25, 0.3) is 21.9 Å². The first kappa shape index (κ1) is 11.5. The van der Waals surface area contributed by atoms with E-state index in [4.69, 9.17) is 5.11 Å². The Labute approximate surface area is 109 Å². The molecule has 3 aromatic rings. The van der Waals surface area contributed by atoms with Crippen LogP contribution in [0.5, 0.6) is 0 Å². The number of aryl methyl sites for hydroxylation is 1. The SMILES string of the molecule is Cn1cc(-c2ccc3cnccc3c2)cc1C(=O)O. The summed E-state index contributed by atoms with van der Waals surface area (Å²) in [6.07, 6.45) is 5.39. The van der Waals surface area contributed by atoms with Gasteiger partial charge < -0.3 is 9.67 Å². The number of pyridine rings is 1. The summed E-state index contributed by atoms with van der Waals surface area (Å²) in [7, 11) is 1.73. The first-order valence-corrected chi connectivity index (χ1v) is 5.89. The van der Waals surface area contributed by atoms with Crippen molar-refractivity contribution in [2.24, 2.45) is 7.05 Å². The normalized spacial score (nSPS) is 10.8. The molecule has 0 aliphatic carbocycles. The molecular weight excluding hydrogens is 240 g/mol. The van der Waals surface area contributed by atoms with Crippen LogP contribution in [0, 0.1) is 0 Å². The van der Waals surface area contributed by atoms with E-state index in [1.165, 1.54) is 0 Å². The Balaban J connectivity index is 2.13. The van der Waals surface area contributed by atoms with Crippen molar-refractivity contribution in [1.82, 2.24) is 9.55 Å². The summed E-state index contributed by atoms with van der Waals surface area (Å²) in [6, 6.07) is 9.64. The summed E-state index contributed by atoms with van der Waals surface area (Å²) in [4.78, 5) is 15.1. The number of nitrogens with zero attached hydrogens (tertiary/aromatic N) is 2. The van der Waals surface area contributed by atoms with Gasteiger partial charge >= 0.3 is 5.97 Å². The number of benzene rings is 1. The van der Waals surface area contributed by atoms with Gasteiger partial charge in [0.1, 0.15) is 5.69 Å². The molecule has 19 heavy (non-hydrogen) atoms. The molecule has 3 rings (SSSR count). The third kappa shape index (κ3) is 1.97. The van der Waals surface area contributed by atoms with Gasteiger partial charge in [0.2, 0.25) is 0 Å². The monoisotopic (exact) mass is 252 g/mol. The van der Waals surface area contributed by atoms with E-state index in [0.717, 1.165) is 21.9 Å². The van der Waals surface area contributed by atoms with E-state index in [0.29, 0.717) is 0 Å². The summed E-state index contributed by atoms with van der Waals surface area (Å²) in [5.74, 6) is -0.918. The van der Waals surface area contributed by atoms with E-state index in [1.54, 1.807) is 23.9 Å². The van der Waals surface area contributed by atoms with E-state index in [-0.39, 0.29) is 5.69 Å². The Morgan fingerprint density at radius 2 is 2.00 bits per heavy atom. The van der Waals surface area contributed by atoms with Crippen molar-refractivity contribution in [3.63, 3.8) is 0 Å². The summed E-state index contributed by atoms with van der Waals surface area (Å²) < 4.78 is 1.62. The first-order valence-electron chi connectivity index (χ1n) is 5.89. The molecule has 4 heteroatoms. The van der Waals surface area contributed by atoms with Crippen LogP contribution in [0.2, 0.25) is 0 Å². The van der Waals surface area contributed by atoms with Gasteiger partial charge in [-0.15, -0.1) is 0 Å². The number of fused-ring (bicyclic) bond motifs is 1. The van der Waals surface area contributed by atoms with E-state index in [1.807, 2.05) is 36.7 Å². The van der Waals surface area contributed by atoms with Gasteiger partial charge in [-0.1, -0.05) is 12.1 Å². The highest BCUT2D eigenvalue weighted by Crippen LogP contribution is 2.25. The maximum Gasteiger partial charge on any atom is 0.352 e. The summed E-state index contributed by atoms with van der Waals surface area (Å²) in [6.45, 7) is 0. The Morgan fingerprint density at radius 1 is 1.16 bits per heavy atom. The fraction of sp³-hybridized carbons (Fsp3) is 0.0667. The largest absolute Gasteiger partial charge is 0.477 e. The zero-order valence-electron chi connectivity index (χ0n) is 10.4. The van der Waals surface area contributed by atoms with E-state index >= 15 is 0 Å². The molecule has 0 unspecified atom stereocenters. The Bertz CT molecular complexity index is 775. The van der Waals surface area contributed by atoms with Crippen LogP contribution in [0.3, 0.4) is 0 Å². The van der Waals surface area contributed by atoms with Gasteiger partial charge in [-0.25, -0.2) is 4.79 Å². The molecule has 0 spiro atoms. The van der Waals surface area contributed by atoms with Crippen molar-refractivity contribution >= 4 is 16.7 Å². The predicted octanol–water partition coefficient (Wildman–Crippen LogP) is 2.94. The smallest absolute Gasteiger partial charge is 0.352 e. The minimum Gasteiger partial charge on any atom is -0.477 e. The lowest BCUT2D eigenvalue weighted by atomic mass is 10.0. The quantitative estimate of drug-likeness (QED) is 0.763. The maximum atomic E-state index is 11.0. The fourth-order valence-electron chi connectivity index (χ4n) is 2.20. The molecule has 0 fully saturated rings. The predicted molar refractivity (Wildman–Crippen MR) is 73.1 cm³/mol. The lowest BCUT2D eigenvalue weighted by Gasteiger charge is -2.01. The molecule has 2 heterocycles. The zero-order valence-corrected chi connectivity index (χ0v) is 10.4. The second-order valence-corrected chi connectivity index (χ2v) is 4.47. The average Bonchev–Trinajstić information content (AvgIpc) is 2.80. The van der Waals surface area contributed by atoms with Crippen LogP contribution in [0.15, 0.2) is 48.9 Å². The van der Waals surface area contributed by atoms with Crippen LogP contribution >= 0.6 is 0 Å². The zero-order chi connectivity index (χ0) is 13.4. The highest BCUT2D eigenvalue weighted by Gasteiger charge is 2.11. The summed E-state index contributed by atoms with van der Waals surface area (Å²) >= 11 is 0. The molecule has 0 saturated carbocycles. The van der Waals surface area contributed by atoms with Gasteiger partial charge in [0.15, 0.2) is 0 Å². The molecule has 94 valence electrons. The van der Waals surface area contributed by atoms with Gasteiger partial charge in [-0.05, 0) is 29.1 Å². The Kier molecular flexibility index (Phi) is 2.56. The number of carbonyl (C=O) groups is 1. The standard InChI is InChI=1S/C15H12N2O2/c1-17-9-13(7-14(17)15(18)19)10-2-3-12-8-16-5-4-11(12)6-10/h2-9H,1H3,(H,18,19). The second-order valence-electron chi connectivity index (χ2n) is 4.47. The molecule has 2 aromatic heterocycles. The first-order chi connectivity index (χ1) is 9.15. The molecule has 0 atom stereocenters. The van der Waals surface area contributed by atoms with Crippen molar-refractivity contribution in [3.8, 4) is 11.1 Å². The van der Waals surface area contributed by atoms with Crippen molar-refractivity contribution in [1.29, 1.82) is 0 Å². The maximum absolute atomic E-state index is 11.0. The van der Waals surface area contributed by atoms with Gasteiger partial charge in [0.05, 0.1) is 0 Å². The molecule has 0 radical (unpaired) electrons. The van der Waals surface area contributed by atoms with Gasteiger partial charge in [-0.2, -0.15) is 0 Å². The van der Waals surface area contributed by atoms with Crippen molar-refractivity contribution in [2.75, 3.05) is 0 Å². The van der Waals surface area contributed by atoms with Crippen LogP contribution in [-0.2, 0) is 7.05 Å². The molecular formula is C15H12N2O2. The molecule has 0 bridgehead atoms. The van der Waals surface area contributed by atoms with Gasteiger partial charge in [0.25, 0.3) is 0 Å². The second kappa shape index (κ2) is 4.24. The highest BCUT2D eigenvalue weighted by atomic mass is 16.4. The lowest BCUT2D eigenvalue weighted by molar-refractivity contribution is 0.0686. The molecule has 0 aliphatic heterocycles. The van der Waals surface area contributed by atoms with Gasteiger partial charge in [-0.3, -0.25) is 4.98 Å². The highest BCUT2D eigenvalue weighted by molar-refractivity contribution is 5.90. The van der Waals surface area contributed by atoms with Crippen LogP contribution < -0.4 is 0 Å². The number of aromatic nitrogens is 2. The van der Waals surface area contributed by atoms with Crippen molar-refractivity contribution < 1.29 is 9.90 Å². The topological polar surface area (TPSA) is 55.1 Å². The Morgan fingerprint density at radius 3 is 2.74 bits per heavy atom. The Hall–Kier alpha value is -2.62. The molecule has 1 aromatic carbocycles.